The van der Waals surface area contributed by atoms with E-state index < -0.39 is 70.0 Å². The molecule has 0 spiro atoms. The molecule has 17 heteroatoms. The van der Waals surface area contributed by atoms with E-state index in [-0.39, 0.29) is 37.1 Å². The molecule has 60 heavy (non-hydrogen) atoms. The van der Waals surface area contributed by atoms with Gasteiger partial charge in [-0.1, -0.05) is 46.1 Å². The first kappa shape index (κ1) is 44.7. The molecule has 0 radical (unpaired) electrons. The van der Waals surface area contributed by atoms with Crippen molar-refractivity contribution < 1.29 is 38.9 Å². The number of carbonyl (C=O) groups is 4. The molecule has 3 aromatic rings. The van der Waals surface area contributed by atoms with E-state index in [9.17, 15) is 29.5 Å². The van der Waals surface area contributed by atoms with Gasteiger partial charge in [0.1, 0.15) is 47.0 Å². The minimum absolute atomic E-state index is 0.0386. The van der Waals surface area contributed by atoms with E-state index in [1.807, 2.05) is 46.1 Å². The second-order valence-electron chi connectivity index (χ2n) is 17.8. The Labute approximate surface area is 355 Å². The third-order valence-electron chi connectivity index (χ3n) is 12.0. The number of nitrogens with zero attached hydrogens (tertiary/aromatic N) is 2. The zero-order chi connectivity index (χ0) is 43.5. The highest BCUT2D eigenvalue weighted by Crippen LogP contribution is 2.45. The number of hydrogen-bond acceptors (Lipinski definition) is 12. The smallest absolute Gasteiger partial charge is 0.330 e. The number of aromatic nitrogens is 2. The summed E-state index contributed by atoms with van der Waals surface area (Å²) in [6.45, 7) is 13.3. The van der Waals surface area contributed by atoms with Crippen LogP contribution in [0.4, 0.5) is 5.13 Å². The van der Waals surface area contributed by atoms with Gasteiger partial charge in [0.25, 0.3) is 0 Å². The Balaban J connectivity index is 1.30. The van der Waals surface area contributed by atoms with Crippen molar-refractivity contribution in [3.05, 3.63) is 47.5 Å². The lowest BCUT2D eigenvalue weighted by Crippen LogP contribution is -3.20. The van der Waals surface area contributed by atoms with Gasteiger partial charge in [0.05, 0.1) is 24.2 Å². The van der Waals surface area contributed by atoms with E-state index in [0.717, 1.165) is 37.2 Å². The van der Waals surface area contributed by atoms with Crippen molar-refractivity contribution in [1.82, 2.24) is 31.3 Å². The summed E-state index contributed by atoms with van der Waals surface area (Å²) in [6, 6.07) is 4.56. The van der Waals surface area contributed by atoms with Crippen LogP contribution in [0, 0.1) is 28.4 Å². The molecule has 1 unspecified atom stereocenters. The summed E-state index contributed by atoms with van der Waals surface area (Å²) in [6.07, 6.45) is 5.80. The van der Waals surface area contributed by atoms with Crippen LogP contribution < -0.4 is 41.3 Å². The summed E-state index contributed by atoms with van der Waals surface area (Å²) in [5, 5.41) is 39.2. The van der Waals surface area contributed by atoms with E-state index >= 15 is 0 Å². The van der Waals surface area contributed by atoms with Gasteiger partial charge in [-0.2, -0.15) is 5.43 Å². The molecule has 3 amide bonds. The average molecular weight is 849 g/mol. The Morgan fingerprint density at radius 3 is 2.42 bits per heavy atom. The number of carbonyl (C=O) groups excluding carboxylic acids is 3. The number of anilines is 1. The number of carboxylic acid groups (broad SMARTS) is 1. The summed E-state index contributed by atoms with van der Waals surface area (Å²) >= 11 is 1.45. The molecule has 2 aromatic heterocycles. The standard InChI is InChI=1S/C43H60N8O8S/c1-9-25-21-43(25,40(55)56)49-37(52)29-17-27(59-34-20-31(32-22-60-41(47-32)45-23(2)3)46-30-18-26(58-8)15-16-28(30)34)19-33(29)51(57)50-36(42(4,5)6)39(54)48-35(38(53)44-7)24-13-11-10-12-14-24/h9,15-16,18,20,22-25,27,29,33,35-36,50-51H,1,10-14,17,19,21H2,2-8H3,(H,44,53)(H,45,47)(H,48,54)(H,49,52)(H,55,56)/t25-,27-,29-,33-,35+,36-,43-/m1/s1. The number of methoxy groups -OCH3 is 1. The van der Waals surface area contributed by atoms with Crippen LogP contribution >= 0.6 is 11.3 Å². The molecule has 3 saturated carbocycles. The van der Waals surface area contributed by atoms with Crippen LogP contribution in [0.15, 0.2) is 42.3 Å². The highest BCUT2D eigenvalue weighted by atomic mass is 32.1. The van der Waals surface area contributed by atoms with Gasteiger partial charge >= 0.3 is 5.97 Å². The van der Waals surface area contributed by atoms with Gasteiger partial charge in [-0.3, -0.25) is 19.6 Å². The molecule has 0 bridgehead atoms. The monoisotopic (exact) mass is 848 g/mol. The van der Waals surface area contributed by atoms with Crippen LogP contribution in [0.25, 0.3) is 22.3 Å². The molecule has 3 fully saturated rings. The molecule has 16 nitrogen and oxygen atoms in total. The molecule has 1 aromatic carbocycles. The van der Waals surface area contributed by atoms with Crippen molar-refractivity contribution in [3.8, 4) is 22.9 Å². The third-order valence-corrected chi connectivity index (χ3v) is 12.8. The Bertz CT molecular complexity index is 2070. The lowest BCUT2D eigenvalue weighted by Gasteiger charge is -2.39. The Morgan fingerprint density at radius 2 is 1.80 bits per heavy atom. The van der Waals surface area contributed by atoms with Gasteiger partial charge in [-0.15, -0.1) is 17.9 Å². The Morgan fingerprint density at radius 1 is 1.07 bits per heavy atom. The molecule has 7 N–H and O–H groups in total. The van der Waals surface area contributed by atoms with Gasteiger partial charge in [-0.05, 0) is 56.6 Å². The second kappa shape index (κ2) is 18.4. The van der Waals surface area contributed by atoms with Gasteiger partial charge < -0.3 is 41.1 Å². The molecule has 6 rings (SSSR count). The summed E-state index contributed by atoms with van der Waals surface area (Å²) < 4.78 is 12.2. The number of rotatable bonds is 17. The number of thiazole rings is 1. The lowest BCUT2D eigenvalue weighted by molar-refractivity contribution is -0.926. The fourth-order valence-corrected chi connectivity index (χ4v) is 9.44. The summed E-state index contributed by atoms with van der Waals surface area (Å²) in [4.78, 5) is 63.5. The normalized spacial score (nSPS) is 24.6. The number of aliphatic carboxylic acids is 1. The van der Waals surface area contributed by atoms with Crippen LogP contribution in [-0.2, 0) is 19.2 Å². The first-order valence-electron chi connectivity index (χ1n) is 20.9. The van der Waals surface area contributed by atoms with Crippen molar-refractivity contribution in [1.29, 1.82) is 0 Å². The van der Waals surface area contributed by atoms with Crippen molar-refractivity contribution in [2.45, 2.75) is 122 Å². The topological polar surface area (TPSA) is 220 Å². The Hall–Kier alpha value is -4.84. The Kier molecular flexibility index (Phi) is 13.7. The number of nitrogens with one attached hydrogen (secondary N) is 6. The molecule has 326 valence electrons. The van der Waals surface area contributed by atoms with Crippen LogP contribution in [0.5, 0.6) is 11.5 Å². The van der Waals surface area contributed by atoms with E-state index in [2.05, 4.69) is 33.3 Å². The quantitative estimate of drug-likeness (QED) is 0.0758. The molecule has 8 atom stereocenters. The number of ether oxygens (including phenoxy) is 2. The summed E-state index contributed by atoms with van der Waals surface area (Å²) in [7, 11) is 3.11. The fourth-order valence-electron chi connectivity index (χ4n) is 8.59. The van der Waals surface area contributed by atoms with Crippen LogP contribution in [0.3, 0.4) is 0 Å². The van der Waals surface area contributed by atoms with E-state index in [4.69, 9.17) is 19.4 Å². The number of benzene rings is 1. The van der Waals surface area contributed by atoms with Gasteiger partial charge in [0.15, 0.2) is 5.13 Å². The number of hydroxylamine groups is 1. The van der Waals surface area contributed by atoms with E-state index in [1.165, 1.54) is 24.5 Å². The first-order valence-corrected chi connectivity index (χ1v) is 21.7. The lowest BCUT2D eigenvalue weighted by atomic mass is 9.82. The number of amides is 3. The van der Waals surface area contributed by atoms with E-state index in [0.29, 0.717) is 33.8 Å². The maximum absolute atomic E-state index is 14.6. The van der Waals surface area contributed by atoms with Crippen LogP contribution in [0.2, 0.25) is 0 Å². The third kappa shape index (κ3) is 9.85. The molecule has 2 heterocycles. The molecule has 3 aliphatic rings. The van der Waals surface area contributed by atoms with E-state index in [1.54, 1.807) is 25.3 Å². The number of carboxylic acids is 1. The fraction of sp³-hybridized carbons (Fsp3) is 0.581. The zero-order valence-electron chi connectivity index (χ0n) is 35.6. The minimum atomic E-state index is -1.52. The largest absolute Gasteiger partial charge is 0.613 e. The average Bonchev–Trinajstić information content (AvgIpc) is 3.48. The molecule has 0 saturated heterocycles. The molecular weight excluding hydrogens is 789 g/mol. The van der Waals surface area contributed by atoms with Crippen molar-refractivity contribution in [2.75, 3.05) is 19.5 Å². The van der Waals surface area contributed by atoms with Crippen LogP contribution in [0.1, 0.15) is 86.0 Å². The molecule has 3 aliphatic carbocycles. The molecular formula is C43H60N8O8S. The number of fused-ring (bicyclic) bond motifs is 1. The van der Waals surface area contributed by atoms with Gasteiger partial charge in [0.2, 0.25) is 17.7 Å². The van der Waals surface area contributed by atoms with Crippen LogP contribution in [-0.4, -0.2) is 88.7 Å². The minimum Gasteiger partial charge on any atom is -0.613 e. The SMILES string of the molecule is C=C[C@@H]1C[C@]1(NC(=O)[C@@H]1C[C@@H](Oc2cc(-c3csc(NC(C)C)n3)nc3cc(OC)ccc23)C[C@H]1[NH+]([O-])N[C@H](C(=O)N[C@H](C(=O)NC)C1CCCCC1)C(C)(C)C)C(=O)O. The highest BCUT2D eigenvalue weighted by Gasteiger charge is 2.61. The predicted octanol–water partition coefficient (Wildman–Crippen LogP) is 3.97. The van der Waals surface area contributed by atoms with Crippen molar-refractivity contribution >= 4 is 51.1 Å². The van der Waals surface area contributed by atoms with Crippen molar-refractivity contribution in [2.24, 2.45) is 23.2 Å². The number of hydrogen-bond donors (Lipinski definition) is 7. The number of pyridine rings is 1. The maximum atomic E-state index is 14.6. The highest BCUT2D eigenvalue weighted by molar-refractivity contribution is 7.14. The zero-order valence-corrected chi connectivity index (χ0v) is 36.4. The first-order chi connectivity index (χ1) is 28.5. The summed E-state index contributed by atoms with van der Waals surface area (Å²) in [5.74, 6) is -3.03. The van der Waals surface area contributed by atoms with Gasteiger partial charge in [-0.25, -0.2) is 14.8 Å². The maximum Gasteiger partial charge on any atom is 0.330 e. The van der Waals surface area contributed by atoms with Gasteiger partial charge in [0, 0.05) is 54.7 Å². The predicted molar refractivity (Wildman–Crippen MR) is 229 cm³/mol. The molecule has 0 aliphatic heterocycles. The van der Waals surface area contributed by atoms with Crippen molar-refractivity contribution in [3.63, 3.8) is 0 Å². The number of likely N-dealkylation sites (N-methyl/N-ethyl adjacent to an activating group) is 1. The second-order valence-corrected chi connectivity index (χ2v) is 18.6. The summed E-state index contributed by atoms with van der Waals surface area (Å²) in [5.41, 5.74) is 2.41. The number of quaternary nitrogens is 1.